The van der Waals surface area contributed by atoms with E-state index >= 15 is 0 Å². The van der Waals surface area contributed by atoms with E-state index in [-0.39, 0.29) is 41.6 Å². The van der Waals surface area contributed by atoms with Crippen molar-refractivity contribution in [2.45, 2.75) is 19.1 Å². The van der Waals surface area contributed by atoms with Gasteiger partial charge in [-0.15, -0.1) is 24.0 Å². The van der Waals surface area contributed by atoms with E-state index in [1.807, 2.05) is 6.92 Å². The monoisotopic (exact) mass is 477 g/mol. The van der Waals surface area contributed by atoms with Gasteiger partial charge in [0.05, 0.1) is 6.54 Å². The third kappa shape index (κ3) is 5.68. The molecule has 3 fully saturated rings. The first kappa shape index (κ1) is 21.2. The highest BCUT2D eigenvalue weighted by atomic mass is 127. The molecule has 2 N–H and O–H groups in total. The van der Waals surface area contributed by atoms with Crippen molar-refractivity contribution in [2.24, 2.45) is 4.99 Å². The van der Waals surface area contributed by atoms with Gasteiger partial charge in [0.1, 0.15) is 6.10 Å². The van der Waals surface area contributed by atoms with Crippen LogP contribution in [0, 0.1) is 5.82 Å². The molecule has 6 nitrogen and oxygen atoms in total. The minimum atomic E-state index is -0.340. The normalized spacial score (nSPS) is 26.0. The average molecular weight is 477 g/mol. The van der Waals surface area contributed by atoms with E-state index in [9.17, 15) is 4.39 Å². The number of aliphatic imine (C=N–C) groups is 1. The topological polar surface area (TPSA) is 52.1 Å². The zero-order valence-electron chi connectivity index (χ0n) is 15.4. The Hall–Kier alpha value is -1.13. The summed E-state index contributed by atoms with van der Waals surface area (Å²) < 4.78 is 19.3. The lowest BCUT2D eigenvalue weighted by molar-refractivity contribution is 0.0154. The van der Waals surface area contributed by atoms with Crippen LogP contribution >= 0.6 is 24.0 Å². The van der Waals surface area contributed by atoms with Gasteiger partial charge in [-0.2, -0.15) is 0 Å². The molecule has 1 aromatic rings. The minimum absolute atomic E-state index is 0. The zero-order valence-corrected chi connectivity index (χ0v) is 17.8. The van der Waals surface area contributed by atoms with E-state index in [0.29, 0.717) is 12.6 Å². The Morgan fingerprint density at radius 2 is 2.00 bits per heavy atom. The Bertz CT molecular complexity index is 595. The van der Waals surface area contributed by atoms with E-state index in [0.717, 1.165) is 32.1 Å². The third-order valence-electron chi connectivity index (χ3n) is 4.84. The maximum Gasteiger partial charge on any atom is 0.191 e. The number of fused-ring (bicyclic) bond motifs is 3. The van der Waals surface area contributed by atoms with E-state index < -0.39 is 0 Å². The molecule has 4 rings (SSSR count). The molecule has 0 saturated carbocycles. The van der Waals surface area contributed by atoms with Crippen LogP contribution in [0.5, 0.6) is 5.75 Å². The summed E-state index contributed by atoms with van der Waals surface area (Å²) >= 11 is 0. The Morgan fingerprint density at radius 1 is 1.27 bits per heavy atom. The number of hydrogen-bond donors (Lipinski definition) is 2. The lowest BCUT2D eigenvalue weighted by atomic mass is 10.1. The van der Waals surface area contributed by atoms with Crippen LogP contribution in [0.4, 0.5) is 4.39 Å². The molecule has 0 aliphatic carbocycles. The number of halogens is 2. The van der Waals surface area contributed by atoms with Gasteiger partial charge in [0.2, 0.25) is 0 Å². The van der Waals surface area contributed by atoms with Gasteiger partial charge in [-0.05, 0) is 19.1 Å². The van der Waals surface area contributed by atoms with Gasteiger partial charge in [0.15, 0.2) is 17.5 Å². The summed E-state index contributed by atoms with van der Waals surface area (Å²) in [6, 6.07) is 7.00. The second kappa shape index (κ2) is 10.3. The summed E-state index contributed by atoms with van der Waals surface area (Å²) in [5, 5.41) is 6.65. The van der Waals surface area contributed by atoms with Crippen LogP contribution in [-0.2, 0) is 0 Å². The molecule has 2 unspecified atom stereocenters. The molecule has 3 saturated heterocycles. The maximum absolute atomic E-state index is 13.6. The number of nitrogens with one attached hydrogen (secondary N) is 2. The van der Waals surface area contributed by atoms with E-state index in [2.05, 4.69) is 25.4 Å². The van der Waals surface area contributed by atoms with Gasteiger partial charge in [0, 0.05) is 52.4 Å². The molecule has 2 bridgehead atoms. The molecule has 3 heterocycles. The maximum atomic E-state index is 13.6. The van der Waals surface area contributed by atoms with E-state index in [1.54, 1.807) is 25.2 Å². The first-order chi connectivity index (χ1) is 12.2. The van der Waals surface area contributed by atoms with Crippen LogP contribution in [0.1, 0.15) is 6.92 Å². The smallest absolute Gasteiger partial charge is 0.191 e. The van der Waals surface area contributed by atoms with Crippen LogP contribution in [0.25, 0.3) is 0 Å². The molecular weight excluding hydrogens is 448 g/mol. The van der Waals surface area contributed by atoms with Crippen molar-refractivity contribution < 1.29 is 9.13 Å². The van der Waals surface area contributed by atoms with Gasteiger partial charge in [-0.3, -0.25) is 14.8 Å². The summed E-state index contributed by atoms with van der Waals surface area (Å²) in [4.78, 5) is 9.33. The van der Waals surface area contributed by atoms with Crippen LogP contribution < -0.4 is 15.4 Å². The number of ether oxygens (including phenoxy) is 1. The van der Waals surface area contributed by atoms with Crippen molar-refractivity contribution in [3.05, 3.63) is 30.1 Å². The predicted molar refractivity (Wildman–Crippen MR) is 113 cm³/mol. The number of hydrogen-bond acceptors (Lipinski definition) is 4. The minimum Gasteiger partial charge on any atom is -0.486 e. The number of rotatable bonds is 6. The average Bonchev–Trinajstić information content (AvgIpc) is 2.65. The van der Waals surface area contributed by atoms with Crippen molar-refractivity contribution in [1.29, 1.82) is 0 Å². The molecular formula is C18H29FIN5O. The number of guanidine groups is 1. The second-order valence-electron chi connectivity index (χ2n) is 6.68. The van der Waals surface area contributed by atoms with Crippen molar-refractivity contribution in [3.63, 3.8) is 0 Å². The lowest BCUT2D eigenvalue weighted by Crippen LogP contribution is -2.64. The Morgan fingerprint density at radius 3 is 2.62 bits per heavy atom. The fraction of sp³-hybridized carbons (Fsp3) is 0.611. The molecule has 8 heteroatoms. The van der Waals surface area contributed by atoms with Gasteiger partial charge in [-0.1, -0.05) is 12.1 Å². The highest BCUT2D eigenvalue weighted by Crippen LogP contribution is 2.17. The molecule has 2 atom stereocenters. The highest BCUT2D eigenvalue weighted by molar-refractivity contribution is 14.0. The lowest BCUT2D eigenvalue weighted by Gasteiger charge is -2.47. The number of nitrogens with zero attached hydrogens (tertiary/aromatic N) is 3. The summed E-state index contributed by atoms with van der Waals surface area (Å²) in [5.41, 5.74) is 0. The van der Waals surface area contributed by atoms with Gasteiger partial charge >= 0.3 is 0 Å². The van der Waals surface area contributed by atoms with Crippen LogP contribution in [0.3, 0.4) is 0 Å². The Labute approximate surface area is 172 Å². The quantitative estimate of drug-likeness (QED) is 0.369. The van der Waals surface area contributed by atoms with Crippen LogP contribution in [0.15, 0.2) is 29.3 Å². The predicted octanol–water partition coefficient (Wildman–Crippen LogP) is 1.38. The molecule has 26 heavy (non-hydrogen) atoms. The molecule has 3 aliphatic rings. The van der Waals surface area contributed by atoms with Crippen molar-refractivity contribution in [3.8, 4) is 5.75 Å². The largest absolute Gasteiger partial charge is 0.486 e. The molecule has 1 aromatic carbocycles. The summed E-state index contributed by atoms with van der Waals surface area (Å²) in [7, 11) is 1.76. The third-order valence-corrected chi connectivity index (χ3v) is 4.84. The number of benzene rings is 1. The number of piperazine rings is 3. The van der Waals surface area contributed by atoms with Gasteiger partial charge in [-0.25, -0.2) is 4.39 Å². The highest BCUT2D eigenvalue weighted by Gasteiger charge is 2.31. The molecule has 0 radical (unpaired) electrons. The molecule has 0 amide bonds. The van der Waals surface area contributed by atoms with E-state index in [1.165, 1.54) is 19.2 Å². The molecule has 3 aliphatic heterocycles. The van der Waals surface area contributed by atoms with Gasteiger partial charge < -0.3 is 15.4 Å². The van der Waals surface area contributed by atoms with Crippen molar-refractivity contribution >= 4 is 29.9 Å². The summed E-state index contributed by atoms with van der Waals surface area (Å²) in [6.07, 6.45) is -0.170. The fourth-order valence-corrected chi connectivity index (χ4v) is 3.39. The number of para-hydroxylation sites is 1. The summed E-state index contributed by atoms with van der Waals surface area (Å²) in [6.45, 7) is 9.15. The Kier molecular flexibility index (Phi) is 8.36. The fourth-order valence-electron chi connectivity index (χ4n) is 3.39. The van der Waals surface area contributed by atoms with Gasteiger partial charge in [0.25, 0.3) is 0 Å². The molecule has 146 valence electrons. The van der Waals surface area contributed by atoms with Crippen LogP contribution in [-0.4, -0.2) is 80.8 Å². The first-order valence-electron chi connectivity index (χ1n) is 8.98. The standard InChI is InChI=1S/C18H28FN5O.HI/c1-14(25-17-6-4-3-5-16(17)19)11-21-18(20-2)22-12-15-13-23-7-9-24(15)10-8-23;/h3-6,14-15H,7-13H2,1-2H3,(H2,20,21,22);1H. The zero-order chi connectivity index (χ0) is 17.6. The van der Waals surface area contributed by atoms with Crippen LogP contribution in [0.2, 0.25) is 0 Å². The van der Waals surface area contributed by atoms with E-state index in [4.69, 9.17) is 4.74 Å². The van der Waals surface area contributed by atoms with Crippen molar-refractivity contribution in [1.82, 2.24) is 20.4 Å². The first-order valence-corrected chi connectivity index (χ1v) is 8.98. The second-order valence-corrected chi connectivity index (χ2v) is 6.68. The summed E-state index contributed by atoms with van der Waals surface area (Å²) in [5.74, 6) is 0.690. The Balaban J connectivity index is 0.00000243. The molecule has 0 aromatic heterocycles. The SMILES string of the molecule is CN=C(NCC(C)Oc1ccccc1F)NCC1CN2CCN1CC2.I. The van der Waals surface area contributed by atoms with Crippen molar-refractivity contribution in [2.75, 3.05) is 52.9 Å². The molecule has 0 spiro atoms.